The van der Waals surface area contributed by atoms with Crippen LogP contribution in [0.25, 0.3) is 0 Å². The third kappa shape index (κ3) is 3.43. The van der Waals surface area contributed by atoms with Crippen LogP contribution in [0.1, 0.15) is 24.3 Å². The molecule has 6 nitrogen and oxygen atoms in total. The van der Waals surface area contributed by atoms with Gasteiger partial charge in [0.15, 0.2) is 0 Å². The molecule has 0 saturated carbocycles. The van der Waals surface area contributed by atoms with E-state index in [1.165, 1.54) is 6.07 Å². The number of hydrogen-bond donors (Lipinski definition) is 3. The largest absolute Gasteiger partial charge is 0.368 e. The summed E-state index contributed by atoms with van der Waals surface area (Å²) in [6.07, 6.45) is 3.83. The van der Waals surface area contributed by atoms with Crippen molar-refractivity contribution in [2.75, 3.05) is 30.3 Å². The Balaban J connectivity index is 1.43. The minimum Gasteiger partial charge on any atom is -0.368 e. The molecule has 0 aliphatic carbocycles. The Morgan fingerprint density at radius 1 is 1.20 bits per heavy atom. The number of nitrogens with two attached hydrogens (primary N) is 1. The lowest BCUT2D eigenvalue weighted by Gasteiger charge is -2.37. The molecule has 0 spiro atoms. The first-order chi connectivity index (χ1) is 12.2. The molecule has 4 rings (SSSR count). The molecule has 0 bridgehead atoms. The molecule has 2 atom stereocenters. The molecule has 0 radical (unpaired) electrons. The molecular formula is C18H23FN6. The van der Waals surface area contributed by atoms with Crippen molar-refractivity contribution in [1.29, 1.82) is 0 Å². The first-order valence-electron chi connectivity index (χ1n) is 8.78. The summed E-state index contributed by atoms with van der Waals surface area (Å²) in [5, 5.41) is 0. The lowest BCUT2D eigenvalue weighted by Crippen LogP contribution is -2.44. The Labute approximate surface area is 146 Å². The van der Waals surface area contributed by atoms with Crippen molar-refractivity contribution < 1.29 is 4.39 Å². The van der Waals surface area contributed by atoms with Gasteiger partial charge in [0, 0.05) is 37.8 Å². The predicted octanol–water partition coefficient (Wildman–Crippen LogP) is 1.67. The van der Waals surface area contributed by atoms with Crippen molar-refractivity contribution >= 4 is 11.8 Å². The van der Waals surface area contributed by atoms with Crippen LogP contribution in [0.15, 0.2) is 36.5 Å². The van der Waals surface area contributed by atoms with Crippen LogP contribution in [0.4, 0.5) is 16.2 Å². The molecule has 2 aliphatic heterocycles. The van der Waals surface area contributed by atoms with Gasteiger partial charge in [-0.15, -0.1) is 0 Å². The molecule has 25 heavy (non-hydrogen) atoms. The van der Waals surface area contributed by atoms with Crippen molar-refractivity contribution in [2.45, 2.75) is 24.8 Å². The Hall–Kier alpha value is -2.25. The maximum atomic E-state index is 13.6. The fourth-order valence-electron chi connectivity index (χ4n) is 4.05. The highest BCUT2D eigenvalue weighted by atomic mass is 19.1. The van der Waals surface area contributed by atoms with Gasteiger partial charge in [-0.1, -0.05) is 12.1 Å². The van der Waals surface area contributed by atoms with Crippen LogP contribution < -0.4 is 21.5 Å². The van der Waals surface area contributed by atoms with Crippen LogP contribution in [-0.4, -0.2) is 35.6 Å². The third-order valence-corrected chi connectivity index (χ3v) is 5.33. The monoisotopic (exact) mass is 342 g/mol. The summed E-state index contributed by atoms with van der Waals surface area (Å²) in [5.41, 5.74) is 13.4. The van der Waals surface area contributed by atoms with Gasteiger partial charge in [0.05, 0.1) is 0 Å². The maximum Gasteiger partial charge on any atom is 0.221 e. The number of aromatic nitrogens is 2. The van der Waals surface area contributed by atoms with E-state index in [-0.39, 0.29) is 5.82 Å². The van der Waals surface area contributed by atoms with Crippen LogP contribution in [0.5, 0.6) is 0 Å². The number of piperidine rings is 1. The number of benzene rings is 1. The molecule has 2 unspecified atom stereocenters. The lowest BCUT2D eigenvalue weighted by atomic mass is 9.80. The van der Waals surface area contributed by atoms with Crippen molar-refractivity contribution in [3.8, 4) is 0 Å². The quantitative estimate of drug-likeness (QED) is 0.788. The SMILES string of the molecule is Nc1nccc(N2CCC(C3NNCC3c3cccc(F)c3)CC2)n1. The number of anilines is 2. The summed E-state index contributed by atoms with van der Waals surface area (Å²) in [6, 6.07) is 9.20. The summed E-state index contributed by atoms with van der Waals surface area (Å²) in [5.74, 6) is 1.87. The van der Waals surface area contributed by atoms with Gasteiger partial charge in [-0.3, -0.25) is 10.9 Å². The minimum atomic E-state index is -0.167. The van der Waals surface area contributed by atoms with Gasteiger partial charge < -0.3 is 10.6 Å². The number of rotatable bonds is 3. The van der Waals surface area contributed by atoms with E-state index in [0.29, 0.717) is 23.8 Å². The molecule has 3 heterocycles. The molecule has 4 N–H and O–H groups in total. The summed E-state index contributed by atoms with van der Waals surface area (Å²) >= 11 is 0. The van der Waals surface area contributed by atoms with Gasteiger partial charge in [0.25, 0.3) is 0 Å². The van der Waals surface area contributed by atoms with Gasteiger partial charge in [-0.25, -0.2) is 9.37 Å². The lowest BCUT2D eigenvalue weighted by molar-refractivity contribution is 0.295. The topological polar surface area (TPSA) is 79.1 Å². The van der Waals surface area contributed by atoms with Gasteiger partial charge in [-0.2, -0.15) is 4.98 Å². The van der Waals surface area contributed by atoms with E-state index in [4.69, 9.17) is 5.73 Å². The van der Waals surface area contributed by atoms with E-state index in [0.717, 1.165) is 43.9 Å². The van der Waals surface area contributed by atoms with Gasteiger partial charge in [0.2, 0.25) is 5.95 Å². The zero-order valence-electron chi connectivity index (χ0n) is 14.0. The average molecular weight is 342 g/mol. The Bertz CT molecular complexity index is 731. The van der Waals surface area contributed by atoms with Crippen molar-refractivity contribution in [2.24, 2.45) is 5.92 Å². The standard InChI is InChI=1S/C18H23FN6/c19-14-3-1-2-13(10-14)15-11-22-24-17(15)12-5-8-25(9-6-12)16-4-7-21-18(20)23-16/h1-4,7,10,12,15,17,22,24H,5-6,8-9,11H2,(H2,20,21,23). The van der Waals surface area contributed by atoms with E-state index in [1.54, 1.807) is 18.3 Å². The smallest absolute Gasteiger partial charge is 0.221 e. The fourth-order valence-corrected chi connectivity index (χ4v) is 4.05. The molecule has 0 amide bonds. The Kier molecular flexibility index (Phi) is 4.50. The Morgan fingerprint density at radius 3 is 2.80 bits per heavy atom. The highest BCUT2D eigenvalue weighted by molar-refractivity contribution is 5.41. The fraction of sp³-hybridized carbons (Fsp3) is 0.444. The summed E-state index contributed by atoms with van der Waals surface area (Å²) < 4.78 is 13.6. The Morgan fingerprint density at radius 2 is 2.04 bits per heavy atom. The number of halogens is 1. The molecule has 1 aromatic heterocycles. The van der Waals surface area contributed by atoms with Crippen LogP contribution in [0.2, 0.25) is 0 Å². The zero-order chi connectivity index (χ0) is 17.2. The number of hydrazine groups is 1. The predicted molar refractivity (Wildman–Crippen MR) is 95.4 cm³/mol. The van der Waals surface area contributed by atoms with Gasteiger partial charge in [0.1, 0.15) is 11.6 Å². The first kappa shape index (κ1) is 16.2. The minimum absolute atomic E-state index is 0.167. The zero-order valence-corrected chi connectivity index (χ0v) is 14.0. The normalized spacial score (nSPS) is 24.6. The third-order valence-electron chi connectivity index (χ3n) is 5.33. The second kappa shape index (κ2) is 6.93. The van der Waals surface area contributed by atoms with Crippen molar-refractivity contribution in [1.82, 2.24) is 20.8 Å². The second-order valence-electron chi connectivity index (χ2n) is 6.81. The average Bonchev–Trinajstić information content (AvgIpc) is 3.12. The molecule has 2 saturated heterocycles. The number of nitrogens with one attached hydrogen (secondary N) is 2. The van der Waals surface area contributed by atoms with Crippen LogP contribution in [-0.2, 0) is 0 Å². The van der Waals surface area contributed by atoms with E-state index in [9.17, 15) is 4.39 Å². The summed E-state index contributed by atoms with van der Waals surface area (Å²) in [7, 11) is 0. The first-order valence-corrected chi connectivity index (χ1v) is 8.78. The molecule has 2 fully saturated rings. The second-order valence-corrected chi connectivity index (χ2v) is 6.81. The van der Waals surface area contributed by atoms with Crippen LogP contribution in [0, 0.1) is 11.7 Å². The molecule has 2 aliphatic rings. The molecule has 132 valence electrons. The van der Waals surface area contributed by atoms with E-state index in [1.807, 2.05) is 12.1 Å². The van der Waals surface area contributed by atoms with E-state index < -0.39 is 0 Å². The van der Waals surface area contributed by atoms with Crippen molar-refractivity contribution in [3.63, 3.8) is 0 Å². The van der Waals surface area contributed by atoms with Crippen molar-refractivity contribution in [3.05, 3.63) is 47.9 Å². The molecule has 1 aromatic carbocycles. The maximum absolute atomic E-state index is 13.6. The highest BCUT2D eigenvalue weighted by Gasteiger charge is 2.36. The van der Waals surface area contributed by atoms with E-state index in [2.05, 4.69) is 25.7 Å². The number of nitrogens with zero attached hydrogens (tertiary/aromatic N) is 3. The number of hydrogen-bond acceptors (Lipinski definition) is 6. The summed E-state index contributed by atoms with van der Waals surface area (Å²) in [6.45, 7) is 2.71. The molecule has 7 heteroatoms. The van der Waals surface area contributed by atoms with Crippen LogP contribution >= 0.6 is 0 Å². The highest BCUT2D eigenvalue weighted by Crippen LogP contribution is 2.33. The number of nitrogen functional groups attached to an aromatic ring is 1. The van der Waals surface area contributed by atoms with Crippen LogP contribution in [0.3, 0.4) is 0 Å². The van der Waals surface area contributed by atoms with Gasteiger partial charge in [-0.05, 0) is 42.5 Å². The van der Waals surface area contributed by atoms with Gasteiger partial charge >= 0.3 is 0 Å². The summed E-state index contributed by atoms with van der Waals surface area (Å²) in [4.78, 5) is 10.5. The molecule has 2 aromatic rings. The molecular weight excluding hydrogens is 319 g/mol. The van der Waals surface area contributed by atoms with E-state index >= 15 is 0 Å².